The van der Waals surface area contributed by atoms with E-state index in [0.717, 1.165) is 60.0 Å². The molecule has 1 saturated heterocycles. The highest BCUT2D eigenvalue weighted by Gasteiger charge is 2.39. The van der Waals surface area contributed by atoms with Gasteiger partial charge in [0, 0.05) is 66.6 Å². The standard InChI is InChI=1S/C28H31F2N7/c1-35-17-23(15-33-35)20-5-2-6-21(11-20)27-31-13-22(14-32-27)24-16-34-37(18-24)26-8-3-7-25(12-26)36-10-4-9-28(29,30)19-36/h2,5-6,11,13-18,25-26H,3-4,7-10,12,19H2,1H3. The number of benzene rings is 1. The minimum atomic E-state index is -2.56. The molecular formula is C28H31F2N7. The van der Waals surface area contributed by atoms with Crippen molar-refractivity contribution >= 4 is 0 Å². The van der Waals surface area contributed by atoms with Gasteiger partial charge in [0.05, 0.1) is 25.0 Å². The molecule has 3 aromatic heterocycles. The van der Waals surface area contributed by atoms with Gasteiger partial charge in [0.1, 0.15) is 0 Å². The lowest BCUT2D eigenvalue weighted by Crippen LogP contribution is -2.49. The van der Waals surface area contributed by atoms with Crippen LogP contribution in [0.15, 0.2) is 61.4 Å². The second kappa shape index (κ2) is 9.78. The van der Waals surface area contributed by atoms with Gasteiger partial charge in [0.15, 0.2) is 5.82 Å². The highest BCUT2D eigenvalue weighted by molar-refractivity contribution is 5.70. The van der Waals surface area contributed by atoms with Crippen molar-refractivity contribution in [2.45, 2.75) is 56.5 Å². The van der Waals surface area contributed by atoms with Crippen molar-refractivity contribution in [2.24, 2.45) is 7.05 Å². The summed E-state index contributed by atoms with van der Waals surface area (Å²) >= 11 is 0. The Morgan fingerprint density at radius 3 is 2.38 bits per heavy atom. The number of alkyl halides is 2. The Morgan fingerprint density at radius 1 is 0.838 bits per heavy atom. The van der Waals surface area contributed by atoms with Gasteiger partial charge in [-0.25, -0.2) is 18.7 Å². The van der Waals surface area contributed by atoms with Crippen LogP contribution in [0.4, 0.5) is 8.78 Å². The summed E-state index contributed by atoms with van der Waals surface area (Å²) in [6.07, 6.45) is 15.9. The van der Waals surface area contributed by atoms with Crippen LogP contribution in [0.1, 0.15) is 44.6 Å². The van der Waals surface area contributed by atoms with E-state index in [1.54, 1.807) is 4.68 Å². The third kappa shape index (κ3) is 5.18. The molecule has 9 heteroatoms. The summed E-state index contributed by atoms with van der Waals surface area (Å²) in [5, 5.41) is 8.89. The number of hydrogen-bond acceptors (Lipinski definition) is 5. The maximum absolute atomic E-state index is 14.0. The Balaban J connectivity index is 1.15. The zero-order chi connectivity index (χ0) is 25.4. The van der Waals surface area contributed by atoms with Gasteiger partial charge in [-0.05, 0) is 50.3 Å². The molecule has 192 valence electrons. The Kier molecular flexibility index (Phi) is 6.32. The summed E-state index contributed by atoms with van der Waals surface area (Å²) in [4.78, 5) is 11.3. The summed E-state index contributed by atoms with van der Waals surface area (Å²) in [6, 6.07) is 8.55. The van der Waals surface area contributed by atoms with Crippen LogP contribution >= 0.6 is 0 Å². The molecule has 1 aliphatic heterocycles. The number of aryl methyl sites for hydroxylation is 1. The molecule has 2 fully saturated rings. The zero-order valence-corrected chi connectivity index (χ0v) is 21.0. The fourth-order valence-electron chi connectivity index (χ4n) is 5.74. The topological polar surface area (TPSA) is 64.7 Å². The molecule has 0 radical (unpaired) electrons. The summed E-state index contributed by atoms with van der Waals surface area (Å²) in [5.41, 5.74) is 4.93. The summed E-state index contributed by atoms with van der Waals surface area (Å²) in [6.45, 7) is 0.662. The molecule has 0 amide bonds. The molecule has 7 nitrogen and oxygen atoms in total. The number of rotatable bonds is 5. The SMILES string of the molecule is Cn1cc(-c2cccc(-c3ncc(-c4cnn(C5CCCC(N6CCCC(F)(F)C6)C5)c4)cn3)c2)cn1. The number of nitrogens with zero attached hydrogens (tertiary/aromatic N) is 7. The molecule has 2 unspecified atom stereocenters. The molecule has 0 spiro atoms. The van der Waals surface area contributed by atoms with E-state index in [-0.39, 0.29) is 25.0 Å². The average molecular weight is 504 g/mol. The van der Waals surface area contributed by atoms with Gasteiger partial charge in [0.25, 0.3) is 5.92 Å². The van der Waals surface area contributed by atoms with Crippen molar-refractivity contribution in [3.8, 4) is 33.6 Å². The Morgan fingerprint density at radius 2 is 1.59 bits per heavy atom. The van der Waals surface area contributed by atoms with Gasteiger partial charge in [-0.2, -0.15) is 10.2 Å². The van der Waals surface area contributed by atoms with E-state index >= 15 is 0 Å². The predicted octanol–water partition coefficient (Wildman–Crippen LogP) is 5.62. The first-order chi connectivity index (χ1) is 17.9. The van der Waals surface area contributed by atoms with Gasteiger partial charge < -0.3 is 0 Å². The van der Waals surface area contributed by atoms with Crippen molar-refractivity contribution in [2.75, 3.05) is 13.1 Å². The maximum Gasteiger partial charge on any atom is 0.260 e. The molecule has 0 bridgehead atoms. The number of halogens is 2. The van der Waals surface area contributed by atoms with Crippen LogP contribution in [0.3, 0.4) is 0 Å². The molecule has 6 rings (SSSR count). The number of likely N-dealkylation sites (tertiary alicyclic amines) is 1. The smallest absolute Gasteiger partial charge is 0.260 e. The fourth-order valence-corrected chi connectivity index (χ4v) is 5.74. The van der Waals surface area contributed by atoms with Gasteiger partial charge in [0.2, 0.25) is 0 Å². The van der Waals surface area contributed by atoms with Gasteiger partial charge in [-0.1, -0.05) is 18.2 Å². The molecule has 1 aliphatic carbocycles. The predicted molar refractivity (Wildman–Crippen MR) is 138 cm³/mol. The lowest BCUT2D eigenvalue weighted by molar-refractivity contribution is -0.0803. The maximum atomic E-state index is 14.0. The summed E-state index contributed by atoms with van der Waals surface area (Å²) < 4.78 is 31.8. The number of hydrogen-bond donors (Lipinski definition) is 0. The van der Waals surface area contributed by atoms with Crippen LogP contribution in [-0.4, -0.2) is 59.5 Å². The highest BCUT2D eigenvalue weighted by atomic mass is 19.3. The normalized spacial score (nSPS) is 22.2. The van der Waals surface area contributed by atoms with E-state index in [4.69, 9.17) is 0 Å². The lowest BCUT2D eigenvalue weighted by atomic mass is 9.88. The van der Waals surface area contributed by atoms with Gasteiger partial charge in [-0.3, -0.25) is 14.3 Å². The van der Waals surface area contributed by atoms with Crippen LogP contribution in [0, 0.1) is 0 Å². The van der Waals surface area contributed by atoms with Crippen molar-refractivity contribution < 1.29 is 8.78 Å². The quantitative estimate of drug-likeness (QED) is 0.354. The highest BCUT2D eigenvalue weighted by Crippen LogP contribution is 2.36. The van der Waals surface area contributed by atoms with Crippen LogP contribution < -0.4 is 0 Å². The van der Waals surface area contributed by atoms with E-state index in [9.17, 15) is 8.78 Å². The van der Waals surface area contributed by atoms with Crippen molar-refractivity contribution in [3.63, 3.8) is 0 Å². The molecule has 1 aromatic carbocycles. The first kappa shape index (κ1) is 23.9. The third-order valence-electron chi connectivity index (χ3n) is 7.68. The molecule has 2 atom stereocenters. The second-order valence-electron chi connectivity index (χ2n) is 10.4. The molecule has 4 aromatic rings. The van der Waals surface area contributed by atoms with E-state index in [0.29, 0.717) is 12.2 Å². The minimum Gasteiger partial charge on any atom is -0.294 e. The molecule has 4 heterocycles. The Hall–Kier alpha value is -3.46. The van der Waals surface area contributed by atoms with E-state index in [1.165, 1.54) is 0 Å². The first-order valence-electron chi connectivity index (χ1n) is 13.0. The number of piperidine rings is 1. The molecule has 1 saturated carbocycles. The van der Waals surface area contributed by atoms with E-state index in [1.807, 2.05) is 65.9 Å². The van der Waals surface area contributed by atoms with Crippen LogP contribution in [0.25, 0.3) is 33.6 Å². The third-order valence-corrected chi connectivity index (χ3v) is 7.68. The Labute approximate surface area is 215 Å². The Bertz CT molecular complexity index is 1360. The minimum absolute atomic E-state index is 0.0129. The van der Waals surface area contributed by atoms with Crippen LogP contribution in [-0.2, 0) is 7.05 Å². The summed E-state index contributed by atoms with van der Waals surface area (Å²) in [5.74, 6) is -1.90. The monoisotopic (exact) mass is 503 g/mol. The molecule has 2 aliphatic rings. The van der Waals surface area contributed by atoms with E-state index in [2.05, 4.69) is 32.3 Å². The van der Waals surface area contributed by atoms with Crippen molar-refractivity contribution in [1.82, 2.24) is 34.4 Å². The first-order valence-corrected chi connectivity index (χ1v) is 13.0. The van der Waals surface area contributed by atoms with Gasteiger partial charge >= 0.3 is 0 Å². The van der Waals surface area contributed by atoms with Gasteiger partial charge in [-0.15, -0.1) is 0 Å². The van der Waals surface area contributed by atoms with Crippen LogP contribution in [0.5, 0.6) is 0 Å². The van der Waals surface area contributed by atoms with Crippen molar-refractivity contribution in [1.29, 1.82) is 0 Å². The van der Waals surface area contributed by atoms with E-state index < -0.39 is 5.92 Å². The molecular weight excluding hydrogens is 472 g/mol. The number of aromatic nitrogens is 6. The lowest BCUT2D eigenvalue weighted by Gasteiger charge is -2.41. The zero-order valence-electron chi connectivity index (χ0n) is 21.0. The summed E-state index contributed by atoms with van der Waals surface area (Å²) in [7, 11) is 1.90. The fraction of sp³-hybridized carbons (Fsp3) is 0.429. The molecule has 0 N–H and O–H groups in total. The largest absolute Gasteiger partial charge is 0.294 e. The second-order valence-corrected chi connectivity index (χ2v) is 10.4. The van der Waals surface area contributed by atoms with Crippen LogP contribution in [0.2, 0.25) is 0 Å². The molecule has 37 heavy (non-hydrogen) atoms. The van der Waals surface area contributed by atoms with Crippen molar-refractivity contribution in [3.05, 3.63) is 61.4 Å². The average Bonchev–Trinajstić information content (AvgIpc) is 3.58.